The van der Waals surface area contributed by atoms with E-state index in [2.05, 4.69) is 10.1 Å². The van der Waals surface area contributed by atoms with E-state index in [4.69, 9.17) is 5.73 Å². The third-order valence-corrected chi connectivity index (χ3v) is 6.16. The number of rotatable bonds is 11. The number of nitrogens with one attached hydrogen (secondary N) is 1. The number of aromatic amines is 1. The molecule has 192 valence electrons. The molecule has 1 amide bonds. The molecule has 3 rings (SSSR count). The Morgan fingerprint density at radius 3 is 2.33 bits per heavy atom. The predicted octanol–water partition coefficient (Wildman–Crippen LogP) is 3.13. The maximum Gasteiger partial charge on any atom is 0.330 e. The number of hydrogen-bond acceptors (Lipinski definition) is 6. The maximum absolute atomic E-state index is 13.6. The van der Waals surface area contributed by atoms with Gasteiger partial charge in [0.15, 0.2) is 5.69 Å². The van der Waals surface area contributed by atoms with Gasteiger partial charge < -0.3 is 5.73 Å². The van der Waals surface area contributed by atoms with Crippen LogP contribution in [-0.2, 0) is 11.3 Å². The monoisotopic (exact) mass is 494 g/mol. The Labute approximate surface area is 209 Å². The van der Waals surface area contributed by atoms with Crippen LogP contribution in [0.4, 0.5) is 11.5 Å². The molecule has 10 nitrogen and oxygen atoms in total. The fraction of sp³-hybridized carbons (Fsp3) is 0.423. The van der Waals surface area contributed by atoms with Crippen molar-refractivity contribution in [3.63, 3.8) is 0 Å². The first-order valence-electron chi connectivity index (χ1n) is 12.3. The van der Waals surface area contributed by atoms with Gasteiger partial charge in [0.2, 0.25) is 0 Å². The third-order valence-electron chi connectivity index (χ3n) is 6.16. The SMILES string of the molecule is CCCCCN(C(=O)C(=O)c1c(C)nn(-c2ccccc2)c1C)c1c(N)n(CCCC)c(=O)[nH]c1=O. The van der Waals surface area contributed by atoms with E-state index >= 15 is 0 Å². The predicted molar refractivity (Wildman–Crippen MR) is 140 cm³/mol. The number of carbonyl (C=O) groups is 2. The zero-order chi connectivity index (χ0) is 26.4. The number of aryl methyl sites for hydroxylation is 1. The van der Waals surface area contributed by atoms with Crippen LogP contribution in [0.1, 0.15) is 67.7 Å². The van der Waals surface area contributed by atoms with E-state index in [0.717, 1.165) is 29.8 Å². The number of ketones is 1. The first kappa shape index (κ1) is 26.7. The molecule has 0 unspecified atom stereocenters. The minimum atomic E-state index is -0.886. The number of Topliss-reactive ketones (excluding diaryl/α,β-unsaturated/α-hetero) is 1. The molecule has 1 aromatic carbocycles. The molecule has 2 heterocycles. The summed E-state index contributed by atoms with van der Waals surface area (Å²) in [6.45, 7) is 7.77. The van der Waals surface area contributed by atoms with Crippen LogP contribution in [0.5, 0.6) is 0 Å². The van der Waals surface area contributed by atoms with E-state index < -0.39 is 22.9 Å². The van der Waals surface area contributed by atoms with Crippen molar-refractivity contribution in [2.24, 2.45) is 0 Å². The van der Waals surface area contributed by atoms with Crippen LogP contribution in [0, 0.1) is 13.8 Å². The van der Waals surface area contributed by atoms with Crippen LogP contribution >= 0.6 is 0 Å². The van der Waals surface area contributed by atoms with Crippen molar-refractivity contribution in [2.45, 2.75) is 66.3 Å². The number of anilines is 2. The highest BCUT2D eigenvalue weighted by Crippen LogP contribution is 2.23. The van der Waals surface area contributed by atoms with Crippen molar-refractivity contribution >= 4 is 23.2 Å². The van der Waals surface area contributed by atoms with Gasteiger partial charge in [-0.25, -0.2) is 9.48 Å². The molecule has 36 heavy (non-hydrogen) atoms. The van der Waals surface area contributed by atoms with Crippen molar-refractivity contribution < 1.29 is 9.59 Å². The van der Waals surface area contributed by atoms with Crippen LogP contribution in [0.25, 0.3) is 5.69 Å². The summed E-state index contributed by atoms with van der Waals surface area (Å²) in [4.78, 5) is 55.9. The fourth-order valence-electron chi connectivity index (χ4n) is 4.23. The number of para-hydroxylation sites is 1. The molecule has 0 aliphatic carbocycles. The quantitative estimate of drug-likeness (QED) is 0.239. The molecule has 10 heteroatoms. The molecule has 0 aliphatic rings. The van der Waals surface area contributed by atoms with E-state index in [0.29, 0.717) is 24.2 Å². The lowest BCUT2D eigenvalue weighted by molar-refractivity contribution is -0.114. The summed E-state index contributed by atoms with van der Waals surface area (Å²) < 4.78 is 2.86. The Balaban J connectivity index is 2.08. The molecule has 0 saturated heterocycles. The first-order valence-corrected chi connectivity index (χ1v) is 12.3. The highest BCUT2D eigenvalue weighted by atomic mass is 16.2. The minimum Gasteiger partial charge on any atom is -0.383 e. The zero-order valence-corrected chi connectivity index (χ0v) is 21.3. The van der Waals surface area contributed by atoms with Gasteiger partial charge >= 0.3 is 5.69 Å². The Morgan fingerprint density at radius 1 is 1.03 bits per heavy atom. The smallest absolute Gasteiger partial charge is 0.330 e. The molecule has 0 bridgehead atoms. The van der Waals surface area contributed by atoms with Crippen molar-refractivity contribution in [3.8, 4) is 5.69 Å². The second kappa shape index (κ2) is 11.7. The van der Waals surface area contributed by atoms with Gasteiger partial charge in [-0.15, -0.1) is 0 Å². The van der Waals surface area contributed by atoms with Gasteiger partial charge in [-0.05, 0) is 38.8 Å². The van der Waals surface area contributed by atoms with Gasteiger partial charge in [0.1, 0.15) is 5.82 Å². The van der Waals surface area contributed by atoms with E-state index in [9.17, 15) is 19.2 Å². The van der Waals surface area contributed by atoms with Crippen LogP contribution in [0.3, 0.4) is 0 Å². The second-order valence-electron chi connectivity index (χ2n) is 8.78. The molecular weight excluding hydrogens is 460 g/mol. The summed E-state index contributed by atoms with van der Waals surface area (Å²) in [7, 11) is 0. The first-order chi connectivity index (χ1) is 17.2. The van der Waals surface area contributed by atoms with Crippen LogP contribution in [-0.4, -0.2) is 37.6 Å². The molecule has 0 aliphatic heterocycles. The maximum atomic E-state index is 13.6. The molecule has 0 atom stereocenters. The summed E-state index contributed by atoms with van der Waals surface area (Å²) >= 11 is 0. The summed E-state index contributed by atoms with van der Waals surface area (Å²) in [5.41, 5.74) is 6.51. The number of unbranched alkanes of at least 4 members (excludes halogenated alkanes) is 3. The Hall–Kier alpha value is -3.95. The third kappa shape index (κ3) is 5.32. The van der Waals surface area contributed by atoms with Crippen LogP contribution in [0.2, 0.25) is 0 Å². The Kier molecular flexibility index (Phi) is 8.63. The van der Waals surface area contributed by atoms with Crippen molar-refractivity contribution in [1.82, 2.24) is 19.3 Å². The number of H-pyrrole nitrogens is 1. The van der Waals surface area contributed by atoms with Crippen LogP contribution in [0.15, 0.2) is 39.9 Å². The fourth-order valence-corrected chi connectivity index (χ4v) is 4.23. The molecule has 0 saturated carbocycles. The zero-order valence-electron chi connectivity index (χ0n) is 21.3. The van der Waals surface area contributed by atoms with E-state index in [1.54, 1.807) is 18.5 Å². The number of nitrogen functional groups attached to an aromatic ring is 1. The lowest BCUT2D eigenvalue weighted by atomic mass is 10.1. The lowest BCUT2D eigenvalue weighted by Crippen LogP contribution is -2.44. The summed E-state index contributed by atoms with van der Waals surface area (Å²) in [6, 6.07) is 9.30. The van der Waals surface area contributed by atoms with Crippen molar-refractivity contribution in [1.29, 1.82) is 0 Å². The molecule has 0 spiro atoms. The van der Waals surface area contributed by atoms with E-state index in [1.165, 1.54) is 4.57 Å². The highest BCUT2D eigenvalue weighted by molar-refractivity contribution is 6.47. The van der Waals surface area contributed by atoms with Crippen molar-refractivity contribution in [2.75, 3.05) is 17.2 Å². The molecule has 0 fully saturated rings. The number of hydrogen-bond donors (Lipinski definition) is 2. The van der Waals surface area contributed by atoms with Crippen molar-refractivity contribution in [3.05, 3.63) is 68.1 Å². The minimum absolute atomic E-state index is 0.114. The standard InChI is InChI=1S/C26H34N6O4/c1-5-7-12-16-30(21-23(27)31(15-8-6-2)26(36)28-24(21)34)25(35)22(33)20-17(3)29-32(18(20)4)19-13-10-9-11-14-19/h9-11,13-14H,5-8,12,15-16,27H2,1-4H3,(H,28,34,36). The number of carbonyl (C=O) groups excluding carboxylic acids is 2. The Bertz CT molecular complexity index is 1350. The van der Waals surface area contributed by atoms with Gasteiger partial charge in [-0.3, -0.25) is 28.8 Å². The summed E-state index contributed by atoms with van der Waals surface area (Å²) in [5, 5.41) is 4.47. The lowest BCUT2D eigenvalue weighted by Gasteiger charge is -2.24. The van der Waals surface area contributed by atoms with Gasteiger partial charge in [0, 0.05) is 13.1 Å². The number of nitrogens with zero attached hydrogens (tertiary/aromatic N) is 4. The van der Waals surface area contributed by atoms with Gasteiger partial charge in [-0.1, -0.05) is 51.3 Å². The molecule has 2 aromatic heterocycles. The van der Waals surface area contributed by atoms with Crippen LogP contribution < -0.4 is 21.9 Å². The number of amides is 1. The number of aromatic nitrogens is 4. The Morgan fingerprint density at radius 2 is 1.69 bits per heavy atom. The largest absolute Gasteiger partial charge is 0.383 e. The molecule has 3 N–H and O–H groups in total. The summed E-state index contributed by atoms with van der Waals surface area (Å²) in [5.74, 6) is -1.79. The van der Waals surface area contributed by atoms with Gasteiger partial charge in [0.05, 0.1) is 22.6 Å². The number of benzene rings is 1. The molecular formula is C26H34N6O4. The average Bonchev–Trinajstić information content (AvgIpc) is 3.16. The highest BCUT2D eigenvalue weighted by Gasteiger charge is 2.32. The number of nitrogens with two attached hydrogens (primary N) is 1. The molecule has 0 radical (unpaired) electrons. The van der Waals surface area contributed by atoms with E-state index in [-0.39, 0.29) is 30.2 Å². The van der Waals surface area contributed by atoms with E-state index in [1.807, 2.05) is 44.2 Å². The second-order valence-corrected chi connectivity index (χ2v) is 8.78. The normalized spacial score (nSPS) is 11.0. The van der Waals surface area contributed by atoms with Gasteiger partial charge in [0.25, 0.3) is 17.2 Å². The average molecular weight is 495 g/mol. The van der Waals surface area contributed by atoms with Gasteiger partial charge in [-0.2, -0.15) is 5.10 Å². The molecule has 3 aromatic rings. The summed E-state index contributed by atoms with van der Waals surface area (Å²) in [6.07, 6.45) is 3.69. The topological polar surface area (TPSA) is 136 Å².